The highest BCUT2D eigenvalue weighted by molar-refractivity contribution is 7.53. The molecule has 2 aliphatic heterocycles. The van der Waals surface area contributed by atoms with E-state index in [1.165, 1.54) is 75.7 Å². The lowest BCUT2D eigenvalue weighted by Gasteiger charge is -2.36. The molecule has 19 nitrogen and oxygen atoms in total. The zero-order valence-corrected chi connectivity index (χ0v) is 22.1. The Morgan fingerprint density at radius 1 is 0.780 bits per heavy atom. The van der Waals surface area contributed by atoms with Gasteiger partial charge in [0.2, 0.25) is 0 Å². The van der Waals surface area contributed by atoms with Crippen molar-refractivity contribution in [1.82, 2.24) is 29.5 Å². The van der Waals surface area contributed by atoms with Crippen LogP contribution in [0.25, 0.3) is 11.4 Å². The van der Waals surface area contributed by atoms with Crippen LogP contribution in [0.15, 0.2) is 49.6 Å². The van der Waals surface area contributed by atoms with Crippen molar-refractivity contribution in [3.05, 3.63) is 69.8 Å². The number of nitrogens with one attached hydrogen (secondary N) is 2. The Hall–Kier alpha value is -5.13. The second-order valence-electron chi connectivity index (χ2n) is 8.90. The Bertz CT molecular complexity index is 1560. The van der Waals surface area contributed by atoms with Gasteiger partial charge in [0.25, 0.3) is 11.4 Å². The summed E-state index contributed by atoms with van der Waals surface area (Å²) >= 11 is 0. The van der Waals surface area contributed by atoms with Crippen molar-refractivity contribution in [2.45, 2.75) is 0 Å². The van der Waals surface area contributed by atoms with Crippen molar-refractivity contribution in [2.75, 3.05) is 53.6 Å². The van der Waals surface area contributed by atoms with E-state index < -0.39 is 17.4 Å². The first-order chi connectivity index (χ1) is 19.7. The van der Waals surface area contributed by atoms with Gasteiger partial charge >= 0.3 is 7.60 Å². The zero-order chi connectivity index (χ0) is 28.7. The minimum atomic E-state index is -3.89. The standard InChI is InChI=1S/C21H21N12O7P/c1-41(38,39-30-4-2-24-14-6-20(32(34)35)18(8-16(14)30)28-12-22-10-26-28)40-31-5-3-25-15-7-21(33(36)37)19(9-17(15)31)29-13-23-11-27-29/h6-13,24-25H,2-5H2,1H3. The van der Waals surface area contributed by atoms with Gasteiger partial charge in [0.05, 0.1) is 45.7 Å². The first-order valence-corrected chi connectivity index (χ1v) is 14.0. The molecule has 4 heterocycles. The molecule has 0 unspecified atom stereocenters. The van der Waals surface area contributed by atoms with Crippen LogP contribution in [0, 0.1) is 20.2 Å². The van der Waals surface area contributed by atoms with Gasteiger partial charge in [0.1, 0.15) is 36.7 Å². The van der Waals surface area contributed by atoms with Gasteiger partial charge in [-0.05, 0) is 12.1 Å². The molecular formula is C21H21N12O7P. The normalized spacial score (nSPS) is 14.6. The number of hydroxylamine groups is 2. The number of nitrogens with zero attached hydrogens (tertiary/aromatic N) is 10. The number of hydrogen-bond acceptors (Lipinski definition) is 15. The molecule has 0 aliphatic carbocycles. The fourth-order valence-corrected chi connectivity index (χ4v) is 5.61. The maximum atomic E-state index is 13.7. The van der Waals surface area contributed by atoms with Crippen LogP contribution in [0.1, 0.15) is 0 Å². The molecule has 6 rings (SSSR count). The fraction of sp³-hybridized carbons (Fsp3) is 0.238. The molecule has 2 N–H and O–H groups in total. The van der Waals surface area contributed by atoms with E-state index in [9.17, 15) is 24.8 Å². The highest BCUT2D eigenvalue weighted by Crippen LogP contribution is 2.51. The Morgan fingerprint density at radius 3 is 1.59 bits per heavy atom. The van der Waals surface area contributed by atoms with E-state index in [1.54, 1.807) is 0 Å². The SMILES string of the molecule is CP(=O)(ON1CCNc2cc([N+](=O)[O-])c(-n3cncn3)cc21)ON1CCNc2cc([N+](=O)[O-])c(-n3cncn3)cc21. The lowest BCUT2D eigenvalue weighted by Crippen LogP contribution is -2.36. The summed E-state index contributed by atoms with van der Waals surface area (Å²) in [4.78, 5) is 30.1. The Kier molecular flexibility index (Phi) is 6.45. The lowest BCUT2D eigenvalue weighted by molar-refractivity contribution is -0.384. The third-order valence-corrected chi connectivity index (χ3v) is 7.19. The maximum Gasteiger partial charge on any atom is 0.370 e. The van der Waals surface area contributed by atoms with Gasteiger partial charge in [0.15, 0.2) is 0 Å². The molecule has 212 valence electrons. The molecule has 20 heteroatoms. The number of rotatable bonds is 8. The van der Waals surface area contributed by atoms with Crippen molar-refractivity contribution in [1.29, 1.82) is 0 Å². The largest absolute Gasteiger partial charge is 0.381 e. The van der Waals surface area contributed by atoms with Gasteiger partial charge < -0.3 is 10.6 Å². The average Bonchev–Trinajstić information content (AvgIpc) is 3.67. The molecule has 0 saturated heterocycles. The highest BCUT2D eigenvalue weighted by Gasteiger charge is 2.34. The number of nitro benzene ring substituents is 2. The number of fused-ring (bicyclic) bond motifs is 2. The fourth-order valence-electron chi connectivity index (χ4n) is 4.52. The molecule has 2 aliphatic rings. The number of anilines is 4. The highest BCUT2D eigenvalue weighted by atomic mass is 31.2. The van der Waals surface area contributed by atoms with Crippen molar-refractivity contribution in [3.63, 3.8) is 0 Å². The summed E-state index contributed by atoms with van der Waals surface area (Å²) in [6.07, 6.45) is 5.14. The van der Waals surface area contributed by atoms with Crippen molar-refractivity contribution >= 4 is 41.7 Å². The molecule has 0 fully saturated rings. The first-order valence-electron chi connectivity index (χ1n) is 12.0. The molecular weight excluding hydrogens is 563 g/mol. The minimum absolute atomic E-state index is 0.133. The van der Waals surface area contributed by atoms with Crippen LogP contribution in [0.2, 0.25) is 0 Å². The molecule has 41 heavy (non-hydrogen) atoms. The number of benzene rings is 2. The van der Waals surface area contributed by atoms with Crippen LogP contribution < -0.4 is 20.8 Å². The smallest absolute Gasteiger partial charge is 0.370 e. The van der Waals surface area contributed by atoms with Crippen LogP contribution in [0.3, 0.4) is 0 Å². The third kappa shape index (κ3) is 4.99. The Balaban J connectivity index is 1.30. The Morgan fingerprint density at radius 2 is 1.22 bits per heavy atom. The molecule has 0 spiro atoms. The second kappa shape index (κ2) is 10.1. The predicted octanol–water partition coefficient (Wildman–Crippen LogP) is 2.51. The van der Waals surface area contributed by atoms with E-state index >= 15 is 0 Å². The first kappa shape index (κ1) is 26.1. The van der Waals surface area contributed by atoms with Crippen LogP contribution >= 0.6 is 7.60 Å². The molecule has 0 atom stereocenters. The van der Waals surface area contributed by atoms with Crippen LogP contribution in [-0.2, 0) is 13.8 Å². The number of hydrogen-bond donors (Lipinski definition) is 2. The van der Waals surface area contributed by atoms with Crippen LogP contribution in [0.5, 0.6) is 0 Å². The molecule has 2 aromatic heterocycles. The lowest BCUT2D eigenvalue weighted by atomic mass is 10.1. The third-order valence-electron chi connectivity index (χ3n) is 6.20. The molecule has 0 amide bonds. The van der Waals surface area contributed by atoms with Gasteiger partial charge in [-0.25, -0.2) is 29.5 Å². The predicted molar refractivity (Wildman–Crippen MR) is 143 cm³/mol. The molecule has 0 saturated carbocycles. The van der Waals surface area contributed by atoms with Crippen molar-refractivity contribution in [3.8, 4) is 11.4 Å². The summed E-state index contributed by atoms with van der Waals surface area (Å²) in [6, 6.07) is 5.65. The van der Waals surface area contributed by atoms with E-state index in [1.807, 2.05) is 0 Å². The van der Waals surface area contributed by atoms with E-state index in [2.05, 4.69) is 30.8 Å². The van der Waals surface area contributed by atoms with E-state index in [-0.39, 0.29) is 35.8 Å². The number of nitro groups is 2. The summed E-state index contributed by atoms with van der Waals surface area (Å²) < 4.78 is 27.9. The summed E-state index contributed by atoms with van der Waals surface area (Å²) in [6.45, 7) is 2.44. The summed E-state index contributed by atoms with van der Waals surface area (Å²) in [5, 5.41) is 40.3. The van der Waals surface area contributed by atoms with Crippen molar-refractivity contribution < 1.29 is 23.7 Å². The van der Waals surface area contributed by atoms with Gasteiger partial charge in [-0.2, -0.15) is 19.4 Å². The summed E-state index contributed by atoms with van der Waals surface area (Å²) in [7, 11) is -3.89. The number of aromatic nitrogens is 6. The van der Waals surface area contributed by atoms with E-state index in [0.717, 1.165) is 0 Å². The second-order valence-corrected chi connectivity index (χ2v) is 10.8. The monoisotopic (exact) mass is 584 g/mol. The Labute approximate surface area is 230 Å². The topological polar surface area (TPSA) is 214 Å². The molecule has 4 aromatic rings. The maximum absolute atomic E-state index is 13.7. The molecule has 2 aromatic carbocycles. The van der Waals surface area contributed by atoms with E-state index in [4.69, 9.17) is 9.25 Å². The van der Waals surface area contributed by atoms with Crippen LogP contribution in [0.4, 0.5) is 34.1 Å². The van der Waals surface area contributed by atoms with Crippen molar-refractivity contribution in [2.24, 2.45) is 0 Å². The quantitative estimate of drug-likeness (QED) is 0.173. The van der Waals surface area contributed by atoms with Gasteiger partial charge in [0, 0.05) is 31.9 Å². The summed E-state index contributed by atoms with van der Waals surface area (Å²) in [5.74, 6) is 0. The average molecular weight is 584 g/mol. The zero-order valence-electron chi connectivity index (χ0n) is 21.2. The van der Waals surface area contributed by atoms with E-state index in [0.29, 0.717) is 35.8 Å². The molecule has 0 bridgehead atoms. The summed E-state index contributed by atoms with van der Waals surface area (Å²) in [5.41, 5.74) is 1.38. The minimum Gasteiger partial charge on any atom is -0.381 e. The van der Waals surface area contributed by atoms with Gasteiger partial charge in [-0.1, -0.05) is 0 Å². The van der Waals surface area contributed by atoms with Gasteiger partial charge in [-0.15, -0.1) is 0 Å². The molecule has 0 radical (unpaired) electrons. The van der Waals surface area contributed by atoms with Crippen LogP contribution in [-0.4, -0.2) is 72.2 Å². The van der Waals surface area contributed by atoms with Gasteiger partial charge in [-0.3, -0.25) is 24.8 Å².